The van der Waals surface area contributed by atoms with Crippen molar-refractivity contribution >= 4 is 11.8 Å². The molecule has 0 radical (unpaired) electrons. The molecular weight excluding hydrogens is 699 g/mol. The van der Waals surface area contributed by atoms with Crippen LogP contribution in [0.25, 0.3) is 0 Å². The number of ether oxygens (including phenoxy) is 6. The number of rotatable bonds is 14. The summed E-state index contributed by atoms with van der Waals surface area (Å²) in [6.45, 7) is 8.86. The maximum absolute atomic E-state index is 7.20. The molecule has 4 aromatic carbocycles. The van der Waals surface area contributed by atoms with E-state index in [0.717, 1.165) is 58.1 Å². The predicted octanol–water partition coefficient (Wildman–Crippen LogP) is 8.98. The molecule has 52 heavy (non-hydrogen) atoms. The Bertz CT molecular complexity index is 1660. The third-order valence-electron chi connectivity index (χ3n) is 9.78. The van der Waals surface area contributed by atoms with Crippen molar-refractivity contribution in [3.8, 4) is 23.0 Å². The van der Waals surface area contributed by atoms with E-state index < -0.39 is 11.2 Å². The summed E-state index contributed by atoms with van der Waals surface area (Å²) in [6.07, 6.45) is 1.87. The number of methoxy groups -OCH3 is 4. The van der Waals surface area contributed by atoms with Crippen LogP contribution in [0.4, 0.5) is 0 Å². The van der Waals surface area contributed by atoms with Crippen molar-refractivity contribution < 1.29 is 44.9 Å². The van der Waals surface area contributed by atoms with Crippen LogP contribution in [0.5, 0.6) is 23.0 Å². The topological polar surface area (TPSA) is 80.1 Å². The first-order valence-corrected chi connectivity index (χ1v) is 17.7. The van der Waals surface area contributed by atoms with Gasteiger partial charge in [-0.15, -0.1) is 0 Å². The molecule has 0 aliphatic carbocycles. The molecule has 0 amide bonds. The molecule has 2 aliphatic heterocycles. The van der Waals surface area contributed by atoms with Crippen molar-refractivity contribution in [3.63, 3.8) is 0 Å². The van der Waals surface area contributed by atoms with Crippen molar-refractivity contribution in [1.29, 1.82) is 0 Å². The molecule has 0 spiro atoms. The Kier molecular flexibility index (Phi) is 12.3. The summed E-state index contributed by atoms with van der Waals surface area (Å²) in [6, 6.07) is 31.9. The van der Waals surface area contributed by atoms with Crippen LogP contribution in [0.1, 0.15) is 69.2 Å². The summed E-state index contributed by atoms with van der Waals surface area (Å²) < 4.78 is 37.2. The molecular formula is C43H50N2NiO6. The normalized spacial score (nSPS) is 18.5. The molecule has 0 saturated heterocycles. The van der Waals surface area contributed by atoms with E-state index in [1.54, 1.807) is 28.4 Å². The summed E-state index contributed by atoms with van der Waals surface area (Å²) in [4.78, 5) is 10.7. The van der Waals surface area contributed by atoms with Gasteiger partial charge in [-0.05, 0) is 73.2 Å². The van der Waals surface area contributed by atoms with Crippen molar-refractivity contribution in [1.82, 2.24) is 0 Å². The monoisotopic (exact) mass is 748 g/mol. The van der Waals surface area contributed by atoms with Crippen LogP contribution >= 0.6 is 0 Å². The van der Waals surface area contributed by atoms with E-state index >= 15 is 0 Å². The third-order valence-corrected chi connectivity index (χ3v) is 9.78. The smallest absolute Gasteiger partial charge is 0.194 e. The number of hydrogen-bond acceptors (Lipinski definition) is 8. The van der Waals surface area contributed by atoms with E-state index in [-0.39, 0.29) is 35.0 Å². The quantitative estimate of drug-likeness (QED) is 0.120. The summed E-state index contributed by atoms with van der Waals surface area (Å²) in [7, 11) is 6.72. The Morgan fingerprint density at radius 1 is 0.519 bits per heavy atom. The molecule has 2 aliphatic rings. The second-order valence-electron chi connectivity index (χ2n) is 14.1. The van der Waals surface area contributed by atoms with Gasteiger partial charge in [0.25, 0.3) is 0 Å². The molecule has 6 rings (SSSR count). The fourth-order valence-electron chi connectivity index (χ4n) is 7.47. The van der Waals surface area contributed by atoms with Gasteiger partial charge in [0.1, 0.15) is 35.1 Å². The molecule has 4 aromatic rings. The standard InChI is InChI=1S/C43H50N2O6.Ni/c1-28(2)21-38-42(30-13-9-17-34(23-30)46-5,31-14-10-18-35(24-31)47-6)50-40(44-38)27-41-45-39(22-29(3)4)43(51-41,32-15-11-19-36(25-32)48-7)33-16-12-20-37(26-33)49-8;/h9-20,23-26,28-29,38-39H,21-22,27H2,1-8H3;/t38-,39-;/m1./s1. The molecule has 0 fully saturated rings. The molecule has 0 saturated carbocycles. The molecule has 0 N–H and O–H groups in total. The molecule has 2 heterocycles. The molecule has 9 heteroatoms. The SMILES string of the molecule is COc1cccc(C2(c3cccc(OC)c3)OC(CC3=N[C@H](CC(C)C)C(c4cccc(OC)c4)(c4cccc(OC)c4)O3)=N[C@@H]2CC(C)C)c1.[Ni]. The average molecular weight is 750 g/mol. The van der Waals surface area contributed by atoms with Crippen molar-refractivity contribution in [3.05, 3.63) is 119 Å². The summed E-state index contributed by atoms with van der Waals surface area (Å²) in [5.41, 5.74) is 1.94. The van der Waals surface area contributed by atoms with Crippen LogP contribution in [-0.2, 0) is 37.2 Å². The van der Waals surface area contributed by atoms with Crippen LogP contribution in [0.3, 0.4) is 0 Å². The molecule has 0 unspecified atom stereocenters. The number of nitrogens with zero attached hydrogens (tertiary/aromatic N) is 2. The van der Waals surface area contributed by atoms with E-state index in [1.165, 1.54) is 0 Å². The zero-order chi connectivity index (χ0) is 36.2. The molecule has 0 bridgehead atoms. The number of aliphatic imine (C=N–C) groups is 2. The van der Waals surface area contributed by atoms with Crippen LogP contribution in [-0.4, -0.2) is 52.3 Å². The van der Waals surface area contributed by atoms with Gasteiger partial charge in [-0.1, -0.05) is 76.2 Å². The van der Waals surface area contributed by atoms with Crippen LogP contribution in [0.2, 0.25) is 0 Å². The molecule has 8 nitrogen and oxygen atoms in total. The van der Waals surface area contributed by atoms with Gasteiger partial charge < -0.3 is 28.4 Å². The van der Waals surface area contributed by atoms with Crippen LogP contribution in [0, 0.1) is 11.8 Å². The third kappa shape index (κ3) is 7.52. The van der Waals surface area contributed by atoms with E-state index in [1.807, 2.05) is 72.8 Å². The van der Waals surface area contributed by atoms with Gasteiger partial charge in [0.15, 0.2) is 23.0 Å². The largest absolute Gasteiger partial charge is 0.497 e. The van der Waals surface area contributed by atoms with Gasteiger partial charge in [-0.25, -0.2) is 9.98 Å². The van der Waals surface area contributed by atoms with Gasteiger partial charge >= 0.3 is 0 Å². The minimum atomic E-state index is -0.935. The molecule has 2 atom stereocenters. The fourth-order valence-corrected chi connectivity index (χ4v) is 7.47. The Morgan fingerprint density at radius 2 is 0.808 bits per heavy atom. The van der Waals surface area contributed by atoms with E-state index in [9.17, 15) is 0 Å². The Hall–Kier alpha value is -4.49. The second kappa shape index (κ2) is 16.5. The first kappa shape index (κ1) is 38.7. The minimum Gasteiger partial charge on any atom is -0.497 e. The van der Waals surface area contributed by atoms with E-state index in [2.05, 4.69) is 52.0 Å². The van der Waals surface area contributed by atoms with Gasteiger partial charge in [0.2, 0.25) is 0 Å². The second-order valence-corrected chi connectivity index (χ2v) is 14.1. The van der Waals surface area contributed by atoms with Gasteiger partial charge in [-0.2, -0.15) is 0 Å². The zero-order valence-electron chi connectivity index (χ0n) is 31.3. The maximum atomic E-state index is 7.20. The van der Waals surface area contributed by atoms with Gasteiger partial charge in [-0.3, -0.25) is 0 Å². The Morgan fingerprint density at radius 3 is 1.06 bits per heavy atom. The maximum Gasteiger partial charge on any atom is 0.194 e. The number of benzene rings is 4. The number of hydrogen-bond donors (Lipinski definition) is 0. The van der Waals surface area contributed by atoms with Crippen LogP contribution in [0.15, 0.2) is 107 Å². The van der Waals surface area contributed by atoms with Crippen molar-refractivity contribution in [2.45, 2.75) is 70.2 Å². The summed E-state index contributed by atoms with van der Waals surface area (Å²) >= 11 is 0. The van der Waals surface area contributed by atoms with E-state index in [4.69, 9.17) is 38.4 Å². The summed E-state index contributed by atoms with van der Waals surface area (Å²) in [5, 5.41) is 0. The average Bonchev–Trinajstić information content (AvgIpc) is 3.69. The first-order valence-electron chi connectivity index (χ1n) is 17.7. The fraction of sp³-hybridized carbons (Fsp3) is 0.395. The van der Waals surface area contributed by atoms with Crippen molar-refractivity contribution in [2.75, 3.05) is 28.4 Å². The molecule has 0 aromatic heterocycles. The van der Waals surface area contributed by atoms with E-state index in [0.29, 0.717) is 23.6 Å². The Labute approximate surface area is 318 Å². The zero-order valence-corrected chi connectivity index (χ0v) is 32.3. The van der Waals surface area contributed by atoms with Gasteiger partial charge in [0, 0.05) is 38.7 Å². The van der Waals surface area contributed by atoms with Gasteiger partial charge in [0.05, 0.1) is 34.9 Å². The predicted molar refractivity (Wildman–Crippen MR) is 202 cm³/mol. The Balaban J connectivity index is 0.00000523. The van der Waals surface area contributed by atoms with Crippen molar-refractivity contribution in [2.24, 2.45) is 21.8 Å². The first-order chi connectivity index (χ1) is 24.6. The van der Waals surface area contributed by atoms with Crippen LogP contribution < -0.4 is 18.9 Å². The summed E-state index contributed by atoms with van der Waals surface area (Å²) in [5.74, 6) is 4.82. The minimum absolute atomic E-state index is 0. The molecule has 278 valence electrons.